The van der Waals surface area contributed by atoms with E-state index in [1.54, 1.807) is 48.5 Å². The summed E-state index contributed by atoms with van der Waals surface area (Å²) in [7, 11) is 0. The number of rotatable bonds is 4. The highest BCUT2D eigenvalue weighted by Crippen LogP contribution is 2.30. The van der Waals surface area contributed by atoms with E-state index in [1.807, 2.05) is 12.1 Å². The summed E-state index contributed by atoms with van der Waals surface area (Å²) >= 11 is 0. The third-order valence-electron chi connectivity index (χ3n) is 4.84. The molecule has 0 aliphatic carbocycles. The molecule has 0 bridgehead atoms. The van der Waals surface area contributed by atoms with Crippen molar-refractivity contribution in [3.05, 3.63) is 94.0 Å². The molecule has 0 aliphatic rings. The third kappa shape index (κ3) is 3.27. The number of carboxylic acid groups (broad SMARTS) is 1. The fraction of sp³-hybridized carbons (Fsp3) is 0.0435. The van der Waals surface area contributed by atoms with Crippen LogP contribution in [0.3, 0.4) is 0 Å². The van der Waals surface area contributed by atoms with E-state index in [0.717, 1.165) is 5.56 Å². The van der Waals surface area contributed by atoms with Gasteiger partial charge in [0, 0.05) is 10.9 Å². The molecule has 7 heteroatoms. The van der Waals surface area contributed by atoms with E-state index in [4.69, 9.17) is 5.26 Å². The number of carbonyl (C=O) groups is 1. The Kier molecular flexibility index (Phi) is 4.74. The maximum atomic E-state index is 13.3. The van der Waals surface area contributed by atoms with Crippen molar-refractivity contribution < 1.29 is 15.0 Å². The Labute approximate surface area is 170 Å². The topological polar surface area (TPSA) is 116 Å². The Morgan fingerprint density at radius 2 is 1.80 bits per heavy atom. The lowest BCUT2D eigenvalue weighted by molar-refractivity contribution is 0.0687. The van der Waals surface area contributed by atoms with Crippen molar-refractivity contribution in [2.24, 2.45) is 0 Å². The fourth-order valence-electron chi connectivity index (χ4n) is 3.33. The van der Waals surface area contributed by atoms with Crippen molar-refractivity contribution in [1.29, 1.82) is 5.26 Å². The number of pyridine rings is 2. The Bertz CT molecular complexity index is 1370. The zero-order valence-corrected chi connectivity index (χ0v) is 15.6. The Hall–Kier alpha value is -4.44. The molecule has 0 fully saturated rings. The third-order valence-corrected chi connectivity index (χ3v) is 4.84. The van der Waals surface area contributed by atoms with E-state index in [1.165, 1.54) is 16.8 Å². The first kappa shape index (κ1) is 18.9. The average Bonchev–Trinajstić information content (AvgIpc) is 2.76. The zero-order valence-electron chi connectivity index (χ0n) is 15.6. The molecule has 0 saturated carbocycles. The van der Waals surface area contributed by atoms with Gasteiger partial charge in [0.05, 0.1) is 29.9 Å². The summed E-state index contributed by atoms with van der Waals surface area (Å²) in [5, 5.41) is 29.0. The molecular weight excluding hydrogens is 382 g/mol. The molecule has 0 atom stereocenters. The van der Waals surface area contributed by atoms with Gasteiger partial charge in [-0.25, -0.2) is 9.78 Å². The summed E-state index contributed by atoms with van der Waals surface area (Å²) in [6, 6.07) is 19.3. The van der Waals surface area contributed by atoms with Crippen molar-refractivity contribution in [2.45, 2.75) is 6.54 Å². The molecule has 0 spiro atoms. The van der Waals surface area contributed by atoms with Crippen LogP contribution in [0.25, 0.3) is 22.0 Å². The summed E-state index contributed by atoms with van der Waals surface area (Å²) in [6.07, 6.45) is 1.28. The summed E-state index contributed by atoms with van der Waals surface area (Å²) in [6.45, 7) is 0.162. The van der Waals surface area contributed by atoms with Gasteiger partial charge in [0.1, 0.15) is 0 Å². The molecule has 0 radical (unpaired) electrons. The second-order valence-electron chi connectivity index (χ2n) is 6.68. The predicted octanol–water partition coefficient (Wildman–Crippen LogP) is 3.39. The van der Waals surface area contributed by atoms with Crippen LogP contribution in [0, 0.1) is 11.3 Å². The van der Waals surface area contributed by atoms with Gasteiger partial charge in [0.15, 0.2) is 11.4 Å². The maximum Gasteiger partial charge on any atom is 0.358 e. The van der Waals surface area contributed by atoms with Crippen LogP contribution in [0.1, 0.15) is 21.6 Å². The lowest BCUT2D eigenvalue weighted by Crippen LogP contribution is -2.23. The van der Waals surface area contributed by atoms with Crippen LogP contribution in [0.4, 0.5) is 0 Å². The van der Waals surface area contributed by atoms with Gasteiger partial charge in [-0.05, 0) is 29.3 Å². The van der Waals surface area contributed by atoms with E-state index in [0.29, 0.717) is 22.2 Å². The van der Waals surface area contributed by atoms with Gasteiger partial charge in [-0.2, -0.15) is 5.26 Å². The van der Waals surface area contributed by atoms with Gasteiger partial charge in [0.2, 0.25) is 0 Å². The Balaban J connectivity index is 2.00. The van der Waals surface area contributed by atoms with Crippen LogP contribution in [0.5, 0.6) is 5.75 Å². The Morgan fingerprint density at radius 3 is 2.43 bits per heavy atom. The van der Waals surface area contributed by atoms with Gasteiger partial charge < -0.3 is 14.8 Å². The van der Waals surface area contributed by atoms with Crippen LogP contribution >= 0.6 is 0 Å². The molecule has 2 aromatic heterocycles. The van der Waals surface area contributed by atoms with Gasteiger partial charge in [-0.15, -0.1) is 0 Å². The minimum atomic E-state index is -1.36. The van der Waals surface area contributed by atoms with Crippen molar-refractivity contribution >= 4 is 16.9 Å². The lowest BCUT2D eigenvalue weighted by Gasteiger charge is -2.15. The second-order valence-corrected chi connectivity index (χ2v) is 6.68. The van der Waals surface area contributed by atoms with Crippen LogP contribution in [-0.4, -0.2) is 25.7 Å². The van der Waals surface area contributed by atoms with Crippen LogP contribution in [-0.2, 0) is 6.54 Å². The first-order valence-electron chi connectivity index (χ1n) is 9.03. The molecule has 30 heavy (non-hydrogen) atoms. The highest BCUT2D eigenvalue weighted by Gasteiger charge is 2.19. The van der Waals surface area contributed by atoms with Gasteiger partial charge in [-0.3, -0.25) is 4.79 Å². The number of aromatic hydroxyl groups is 1. The molecule has 0 saturated heterocycles. The monoisotopic (exact) mass is 397 g/mol. The quantitative estimate of drug-likeness (QED) is 0.545. The van der Waals surface area contributed by atoms with E-state index in [9.17, 15) is 19.8 Å². The summed E-state index contributed by atoms with van der Waals surface area (Å²) < 4.78 is 1.44. The van der Waals surface area contributed by atoms with Crippen LogP contribution in [0.2, 0.25) is 0 Å². The van der Waals surface area contributed by atoms with E-state index in [-0.39, 0.29) is 17.5 Å². The van der Waals surface area contributed by atoms with E-state index >= 15 is 0 Å². The number of aromatic carboxylic acids is 1. The first-order valence-corrected chi connectivity index (χ1v) is 9.03. The van der Waals surface area contributed by atoms with Gasteiger partial charge in [-0.1, -0.05) is 42.5 Å². The van der Waals surface area contributed by atoms with Crippen molar-refractivity contribution in [3.63, 3.8) is 0 Å². The lowest BCUT2D eigenvalue weighted by atomic mass is 10.0. The number of carboxylic acids is 1. The molecule has 146 valence electrons. The second kappa shape index (κ2) is 7.53. The normalized spacial score (nSPS) is 10.6. The predicted molar refractivity (Wildman–Crippen MR) is 110 cm³/mol. The largest absolute Gasteiger partial charge is 0.505 e. The summed E-state index contributed by atoms with van der Waals surface area (Å²) in [5.74, 6) is -1.86. The number of aromatic nitrogens is 2. The SMILES string of the molecule is N#Cc1ccc(Cn2c(=O)c(-c3ccccc3)cc3c(O)c(C(=O)O)ncc32)cc1. The van der Waals surface area contributed by atoms with Crippen LogP contribution < -0.4 is 5.56 Å². The van der Waals surface area contributed by atoms with E-state index in [2.05, 4.69) is 4.98 Å². The maximum absolute atomic E-state index is 13.3. The number of nitrogens with zero attached hydrogens (tertiary/aromatic N) is 3. The molecule has 0 amide bonds. The zero-order chi connectivity index (χ0) is 21.3. The van der Waals surface area contributed by atoms with E-state index < -0.39 is 17.4 Å². The standard InChI is InChI=1S/C23H15N3O4/c24-11-14-6-8-15(9-7-14)13-26-19-12-25-20(23(29)30)21(27)18(19)10-17(22(26)28)16-4-2-1-3-5-16/h1-10,12,27H,13H2,(H,29,30). The molecule has 4 aromatic rings. The van der Waals surface area contributed by atoms with Gasteiger partial charge in [0.25, 0.3) is 5.56 Å². The molecular formula is C23H15N3O4. The van der Waals surface area contributed by atoms with Crippen molar-refractivity contribution in [2.75, 3.05) is 0 Å². The van der Waals surface area contributed by atoms with Crippen LogP contribution in [0.15, 0.2) is 71.7 Å². The van der Waals surface area contributed by atoms with Crippen molar-refractivity contribution in [3.8, 4) is 22.9 Å². The number of hydrogen-bond donors (Lipinski definition) is 2. The highest BCUT2D eigenvalue weighted by molar-refractivity contribution is 5.98. The highest BCUT2D eigenvalue weighted by atomic mass is 16.4. The minimum absolute atomic E-state index is 0.162. The molecule has 2 heterocycles. The molecule has 4 rings (SSSR count). The molecule has 0 unspecified atom stereocenters. The number of fused-ring (bicyclic) bond motifs is 1. The first-order chi connectivity index (χ1) is 14.5. The number of nitriles is 1. The molecule has 2 N–H and O–H groups in total. The minimum Gasteiger partial charge on any atom is -0.505 e. The van der Waals surface area contributed by atoms with Crippen molar-refractivity contribution in [1.82, 2.24) is 9.55 Å². The molecule has 7 nitrogen and oxygen atoms in total. The Morgan fingerprint density at radius 1 is 1.10 bits per heavy atom. The smallest absolute Gasteiger partial charge is 0.358 e. The summed E-state index contributed by atoms with van der Waals surface area (Å²) in [4.78, 5) is 28.6. The summed E-state index contributed by atoms with van der Waals surface area (Å²) in [5.41, 5.74) is 1.77. The average molecular weight is 397 g/mol. The van der Waals surface area contributed by atoms with Gasteiger partial charge >= 0.3 is 5.97 Å². The molecule has 2 aromatic carbocycles. The number of benzene rings is 2. The number of hydrogen-bond acceptors (Lipinski definition) is 5. The fourth-order valence-corrected chi connectivity index (χ4v) is 3.33. The molecule has 0 aliphatic heterocycles.